The summed E-state index contributed by atoms with van der Waals surface area (Å²) in [6, 6.07) is 6.03. The second kappa shape index (κ2) is 5.77. The Hall–Kier alpha value is -1.43. The largest absolute Gasteiger partial charge is 0.367 e. The number of aromatic nitrogens is 2. The number of nitrogens with zero attached hydrogens (tertiary/aromatic N) is 1. The third kappa shape index (κ3) is 3.03. The molecule has 5 heteroatoms. The molecule has 0 aliphatic heterocycles. The Kier molecular flexibility index (Phi) is 4.08. The Labute approximate surface area is 99.8 Å². The molecule has 0 fully saturated rings. The Morgan fingerprint density at radius 2 is 2.41 bits per heavy atom. The molecular formula is C12H17N3O2. The monoisotopic (exact) mass is 235 g/mol. The predicted molar refractivity (Wildman–Crippen MR) is 65.4 cm³/mol. The van der Waals surface area contributed by atoms with Crippen molar-refractivity contribution < 1.29 is 9.84 Å². The fourth-order valence-electron chi connectivity index (χ4n) is 1.76. The van der Waals surface area contributed by atoms with E-state index in [2.05, 4.69) is 15.5 Å². The first kappa shape index (κ1) is 12.0. The highest BCUT2D eigenvalue weighted by atomic mass is 16.6. The number of aromatic amines is 1. The van der Waals surface area contributed by atoms with Crippen LogP contribution in [-0.4, -0.2) is 34.7 Å². The summed E-state index contributed by atoms with van der Waals surface area (Å²) in [6.45, 7) is 3.45. The van der Waals surface area contributed by atoms with Crippen molar-refractivity contribution in [2.45, 2.75) is 19.8 Å². The van der Waals surface area contributed by atoms with E-state index in [1.807, 2.05) is 25.1 Å². The van der Waals surface area contributed by atoms with Gasteiger partial charge in [-0.05, 0) is 12.5 Å². The van der Waals surface area contributed by atoms with Crippen LogP contribution in [-0.2, 0) is 11.3 Å². The lowest BCUT2D eigenvalue weighted by Gasteiger charge is -2.11. The zero-order valence-corrected chi connectivity index (χ0v) is 9.81. The summed E-state index contributed by atoms with van der Waals surface area (Å²) >= 11 is 0. The molecule has 2 rings (SSSR count). The fourth-order valence-corrected chi connectivity index (χ4v) is 1.76. The molecule has 1 atom stereocenters. The summed E-state index contributed by atoms with van der Waals surface area (Å²) in [7, 11) is 0. The molecule has 1 heterocycles. The van der Waals surface area contributed by atoms with E-state index in [0.29, 0.717) is 19.7 Å². The third-order valence-corrected chi connectivity index (χ3v) is 2.56. The number of rotatable bonds is 6. The van der Waals surface area contributed by atoms with Crippen molar-refractivity contribution in [2.24, 2.45) is 0 Å². The molecule has 1 aromatic carbocycles. The Balaban J connectivity index is 1.92. The van der Waals surface area contributed by atoms with Gasteiger partial charge in [0.25, 0.3) is 0 Å². The van der Waals surface area contributed by atoms with E-state index in [1.165, 1.54) is 0 Å². The van der Waals surface area contributed by atoms with Crippen molar-refractivity contribution in [1.29, 1.82) is 0 Å². The number of aliphatic hydroxyl groups excluding tert-OH is 1. The van der Waals surface area contributed by atoms with Crippen LogP contribution in [0.15, 0.2) is 24.4 Å². The van der Waals surface area contributed by atoms with Crippen LogP contribution in [0, 0.1) is 0 Å². The number of hydrogen-bond donors (Lipinski definition) is 3. The van der Waals surface area contributed by atoms with Gasteiger partial charge >= 0.3 is 0 Å². The SMILES string of the molecule is CCOC(O)CNCc1cccc2cn[nH]c12. The number of aliphatic hydroxyl groups is 1. The number of H-pyrrole nitrogens is 1. The van der Waals surface area contributed by atoms with Gasteiger partial charge in [0.05, 0.1) is 11.7 Å². The highest BCUT2D eigenvalue weighted by Crippen LogP contribution is 2.14. The van der Waals surface area contributed by atoms with E-state index in [4.69, 9.17) is 4.74 Å². The van der Waals surface area contributed by atoms with Crippen molar-refractivity contribution in [3.63, 3.8) is 0 Å². The van der Waals surface area contributed by atoms with E-state index in [0.717, 1.165) is 16.5 Å². The molecule has 3 N–H and O–H groups in total. The maximum atomic E-state index is 9.40. The van der Waals surface area contributed by atoms with Crippen LogP contribution >= 0.6 is 0 Å². The van der Waals surface area contributed by atoms with Gasteiger partial charge in [-0.25, -0.2) is 0 Å². The van der Waals surface area contributed by atoms with Gasteiger partial charge in [0, 0.05) is 25.1 Å². The lowest BCUT2D eigenvalue weighted by atomic mass is 10.1. The van der Waals surface area contributed by atoms with Gasteiger partial charge in [0.2, 0.25) is 0 Å². The second-order valence-corrected chi connectivity index (χ2v) is 3.79. The van der Waals surface area contributed by atoms with E-state index < -0.39 is 6.29 Å². The third-order valence-electron chi connectivity index (χ3n) is 2.56. The Morgan fingerprint density at radius 3 is 3.24 bits per heavy atom. The van der Waals surface area contributed by atoms with Crippen LogP contribution in [0.4, 0.5) is 0 Å². The lowest BCUT2D eigenvalue weighted by Crippen LogP contribution is -2.28. The van der Waals surface area contributed by atoms with Crippen molar-refractivity contribution in [3.05, 3.63) is 30.0 Å². The number of hydrogen-bond acceptors (Lipinski definition) is 4. The van der Waals surface area contributed by atoms with Crippen LogP contribution in [0.2, 0.25) is 0 Å². The molecular weight excluding hydrogens is 218 g/mol. The molecule has 5 nitrogen and oxygen atoms in total. The maximum absolute atomic E-state index is 9.40. The van der Waals surface area contributed by atoms with Crippen LogP contribution < -0.4 is 5.32 Å². The molecule has 17 heavy (non-hydrogen) atoms. The summed E-state index contributed by atoms with van der Waals surface area (Å²) in [5, 5.41) is 20.6. The van der Waals surface area contributed by atoms with Crippen LogP contribution in [0.3, 0.4) is 0 Å². The van der Waals surface area contributed by atoms with Crippen LogP contribution in [0.25, 0.3) is 10.9 Å². The summed E-state index contributed by atoms with van der Waals surface area (Å²) in [5.41, 5.74) is 2.16. The minimum Gasteiger partial charge on any atom is -0.367 e. The molecule has 0 amide bonds. The maximum Gasteiger partial charge on any atom is 0.167 e. The highest BCUT2D eigenvalue weighted by Gasteiger charge is 2.04. The van der Waals surface area contributed by atoms with Crippen molar-refractivity contribution in [3.8, 4) is 0 Å². The second-order valence-electron chi connectivity index (χ2n) is 3.79. The number of para-hydroxylation sites is 1. The smallest absolute Gasteiger partial charge is 0.167 e. The van der Waals surface area contributed by atoms with Gasteiger partial charge in [-0.1, -0.05) is 18.2 Å². The van der Waals surface area contributed by atoms with Gasteiger partial charge in [0.1, 0.15) is 0 Å². The molecule has 0 aliphatic carbocycles. The van der Waals surface area contributed by atoms with Crippen molar-refractivity contribution >= 4 is 10.9 Å². The number of benzene rings is 1. The average molecular weight is 235 g/mol. The van der Waals surface area contributed by atoms with Gasteiger partial charge in [-0.15, -0.1) is 0 Å². The first-order valence-electron chi connectivity index (χ1n) is 5.72. The van der Waals surface area contributed by atoms with Gasteiger partial charge in [0.15, 0.2) is 6.29 Å². The summed E-state index contributed by atoms with van der Waals surface area (Å²) in [5.74, 6) is 0. The molecule has 0 aliphatic rings. The quantitative estimate of drug-likeness (QED) is 0.653. The first-order chi connectivity index (χ1) is 8.31. The minimum absolute atomic E-state index is 0.415. The molecule has 0 bridgehead atoms. The van der Waals surface area contributed by atoms with Crippen molar-refractivity contribution in [1.82, 2.24) is 15.5 Å². The average Bonchev–Trinajstić information content (AvgIpc) is 2.78. The van der Waals surface area contributed by atoms with Gasteiger partial charge in [-0.3, -0.25) is 5.10 Å². The Bertz CT molecular complexity index is 469. The zero-order valence-electron chi connectivity index (χ0n) is 9.81. The first-order valence-corrected chi connectivity index (χ1v) is 5.72. The highest BCUT2D eigenvalue weighted by molar-refractivity contribution is 5.81. The summed E-state index contributed by atoms with van der Waals surface area (Å²) in [4.78, 5) is 0. The lowest BCUT2D eigenvalue weighted by molar-refractivity contribution is -0.0914. The minimum atomic E-state index is -0.749. The number of nitrogens with one attached hydrogen (secondary N) is 2. The molecule has 0 spiro atoms. The molecule has 0 saturated heterocycles. The summed E-state index contributed by atoms with van der Waals surface area (Å²) < 4.78 is 5.03. The van der Waals surface area contributed by atoms with E-state index in [9.17, 15) is 5.11 Å². The molecule has 1 aromatic heterocycles. The summed E-state index contributed by atoms with van der Waals surface area (Å²) in [6.07, 6.45) is 1.05. The number of ether oxygens (including phenoxy) is 1. The number of fused-ring (bicyclic) bond motifs is 1. The zero-order chi connectivity index (χ0) is 12.1. The van der Waals surface area contributed by atoms with E-state index in [1.54, 1.807) is 6.20 Å². The van der Waals surface area contributed by atoms with Crippen LogP contribution in [0.5, 0.6) is 0 Å². The fraction of sp³-hybridized carbons (Fsp3) is 0.417. The molecule has 92 valence electrons. The van der Waals surface area contributed by atoms with Crippen LogP contribution in [0.1, 0.15) is 12.5 Å². The standard InChI is InChI=1S/C12H17N3O2/c1-2-17-11(16)8-13-6-9-4-3-5-10-7-14-15-12(9)10/h3-5,7,11,13,16H,2,6,8H2,1H3,(H,14,15). The molecule has 0 radical (unpaired) electrons. The predicted octanol–water partition coefficient (Wildman–Crippen LogP) is 1.01. The van der Waals surface area contributed by atoms with Gasteiger partial charge in [-0.2, -0.15) is 5.10 Å². The van der Waals surface area contributed by atoms with E-state index >= 15 is 0 Å². The molecule has 1 unspecified atom stereocenters. The van der Waals surface area contributed by atoms with Gasteiger partial charge < -0.3 is 15.2 Å². The van der Waals surface area contributed by atoms with Crippen molar-refractivity contribution in [2.75, 3.05) is 13.2 Å². The Morgan fingerprint density at radius 1 is 1.53 bits per heavy atom. The van der Waals surface area contributed by atoms with E-state index in [-0.39, 0.29) is 0 Å². The normalized spacial score (nSPS) is 13.1. The molecule has 0 saturated carbocycles. The topological polar surface area (TPSA) is 70.2 Å². The molecule has 2 aromatic rings.